The van der Waals surface area contributed by atoms with Crippen molar-refractivity contribution in [1.29, 1.82) is 0 Å². The minimum absolute atomic E-state index is 0.0791. The van der Waals surface area contributed by atoms with E-state index in [0.717, 1.165) is 11.3 Å². The fourth-order valence-electron chi connectivity index (χ4n) is 1.32. The molecule has 0 fully saturated rings. The summed E-state index contributed by atoms with van der Waals surface area (Å²) in [6.45, 7) is 2.14. The average Bonchev–Trinajstić information content (AvgIpc) is 2.39. The molecule has 0 atom stereocenters. The summed E-state index contributed by atoms with van der Waals surface area (Å²) in [6, 6.07) is 7.52. The number of amides is 2. The second kappa shape index (κ2) is 8.55. The molecule has 0 spiro atoms. The third-order valence-corrected chi connectivity index (χ3v) is 3.17. The number of aliphatic hydroxyl groups excluding tert-OH is 1. The van der Waals surface area contributed by atoms with Gasteiger partial charge >= 0.3 is 0 Å². The number of hydrogen-bond donors (Lipinski definition) is 3. The Morgan fingerprint density at radius 3 is 2.42 bits per heavy atom. The minimum atomic E-state index is -0.179. The molecule has 0 aliphatic rings. The summed E-state index contributed by atoms with van der Waals surface area (Å²) in [4.78, 5) is 22.8. The van der Waals surface area contributed by atoms with Crippen LogP contribution in [-0.4, -0.2) is 41.6 Å². The van der Waals surface area contributed by atoms with Gasteiger partial charge in [-0.2, -0.15) is 0 Å². The van der Waals surface area contributed by atoms with E-state index in [0.29, 0.717) is 0 Å². The van der Waals surface area contributed by atoms with Crippen LogP contribution in [0.5, 0.6) is 0 Å². The summed E-state index contributed by atoms with van der Waals surface area (Å²) in [7, 11) is 0. The van der Waals surface area contributed by atoms with Crippen molar-refractivity contribution >= 4 is 29.3 Å². The summed E-state index contributed by atoms with van der Waals surface area (Å²) in [5.41, 5.74) is 1.88. The van der Waals surface area contributed by atoms with Gasteiger partial charge in [0.25, 0.3) is 0 Å². The van der Waals surface area contributed by atoms with Crippen LogP contribution < -0.4 is 10.6 Å². The van der Waals surface area contributed by atoms with E-state index in [1.165, 1.54) is 11.8 Å². The first-order chi connectivity index (χ1) is 9.11. The predicted molar refractivity (Wildman–Crippen MR) is 77.2 cm³/mol. The number of carbonyl (C=O) groups excluding carboxylic acids is 2. The fraction of sp³-hybridized carbons (Fsp3) is 0.385. The van der Waals surface area contributed by atoms with Crippen LogP contribution >= 0.6 is 11.8 Å². The summed E-state index contributed by atoms with van der Waals surface area (Å²) in [6.07, 6.45) is 0. The first-order valence-corrected chi connectivity index (χ1v) is 7.09. The van der Waals surface area contributed by atoms with Crippen molar-refractivity contribution in [3.8, 4) is 0 Å². The molecule has 5 nitrogen and oxygen atoms in total. The maximum Gasteiger partial charge on any atom is 0.234 e. The Morgan fingerprint density at radius 2 is 1.79 bits per heavy atom. The van der Waals surface area contributed by atoms with Gasteiger partial charge in [0.15, 0.2) is 0 Å². The Morgan fingerprint density at radius 1 is 1.16 bits per heavy atom. The Hall–Kier alpha value is -1.53. The van der Waals surface area contributed by atoms with Crippen LogP contribution in [0.4, 0.5) is 5.69 Å². The summed E-state index contributed by atoms with van der Waals surface area (Å²) in [5.74, 6) is 0.118. The third kappa shape index (κ3) is 6.83. The molecule has 0 bridgehead atoms. The highest BCUT2D eigenvalue weighted by Crippen LogP contribution is 2.09. The molecule has 0 aromatic heterocycles. The average molecular weight is 282 g/mol. The molecule has 0 saturated carbocycles. The van der Waals surface area contributed by atoms with Crippen molar-refractivity contribution in [3.63, 3.8) is 0 Å². The topological polar surface area (TPSA) is 78.4 Å². The summed E-state index contributed by atoms with van der Waals surface area (Å²) in [5, 5.41) is 13.8. The molecule has 3 N–H and O–H groups in total. The molecule has 6 heteroatoms. The molecular formula is C13H18N2O3S. The highest BCUT2D eigenvalue weighted by atomic mass is 32.2. The van der Waals surface area contributed by atoms with Crippen molar-refractivity contribution in [2.75, 3.05) is 30.0 Å². The number of rotatable bonds is 7. The second-order valence-electron chi connectivity index (χ2n) is 3.98. The van der Waals surface area contributed by atoms with Crippen LogP contribution in [0.15, 0.2) is 24.3 Å². The highest BCUT2D eigenvalue weighted by molar-refractivity contribution is 8.00. The van der Waals surface area contributed by atoms with Gasteiger partial charge in [0.2, 0.25) is 11.8 Å². The Labute approximate surface area is 116 Å². The first-order valence-electron chi connectivity index (χ1n) is 5.93. The first kappa shape index (κ1) is 15.5. The van der Waals surface area contributed by atoms with Crippen molar-refractivity contribution in [2.45, 2.75) is 6.92 Å². The molecule has 19 heavy (non-hydrogen) atoms. The van der Waals surface area contributed by atoms with Crippen LogP contribution in [-0.2, 0) is 9.59 Å². The Kier molecular flexibility index (Phi) is 6.99. The van der Waals surface area contributed by atoms with Crippen molar-refractivity contribution < 1.29 is 14.7 Å². The van der Waals surface area contributed by atoms with E-state index in [2.05, 4.69) is 10.6 Å². The number of nitrogens with one attached hydrogen (secondary N) is 2. The van der Waals surface area contributed by atoms with Gasteiger partial charge in [-0.1, -0.05) is 17.7 Å². The molecule has 1 aromatic carbocycles. The number of thioether (sulfide) groups is 1. The number of aryl methyl sites for hydroxylation is 1. The second-order valence-corrected chi connectivity index (χ2v) is 4.97. The minimum Gasteiger partial charge on any atom is -0.395 e. The van der Waals surface area contributed by atoms with E-state index < -0.39 is 0 Å². The van der Waals surface area contributed by atoms with Crippen LogP contribution in [0.3, 0.4) is 0 Å². The lowest BCUT2D eigenvalue weighted by Crippen LogP contribution is -2.28. The van der Waals surface area contributed by atoms with E-state index in [9.17, 15) is 9.59 Å². The van der Waals surface area contributed by atoms with Gasteiger partial charge < -0.3 is 15.7 Å². The third-order valence-electron chi connectivity index (χ3n) is 2.24. The van der Waals surface area contributed by atoms with Gasteiger partial charge in [0.05, 0.1) is 18.1 Å². The number of benzene rings is 1. The van der Waals surface area contributed by atoms with Crippen molar-refractivity contribution in [1.82, 2.24) is 5.32 Å². The lowest BCUT2D eigenvalue weighted by molar-refractivity contribution is -0.118. The number of hydrogen-bond acceptors (Lipinski definition) is 4. The largest absolute Gasteiger partial charge is 0.395 e. The van der Waals surface area contributed by atoms with Gasteiger partial charge in [-0.15, -0.1) is 11.8 Å². The van der Waals surface area contributed by atoms with Gasteiger partial charge in [-0.3, -0.25) is 9.59 Å². The lowest BCUT2D eigenvalue weighted by atomic mass is 10.2. The maximum absolute atomic E-state index is 11.6. The zero-order valence-electron chi connectivity index (χ0n) is 10.8. The Balaban J connectivity index is 2.21. The molecule has 104 valence electrons. The SMILES string of the molecule is Cc1ccc(NC(=O)CSCC(=O)NCCO)cc1. The zero-order chi connectivity index (χ0) is 14.1. The van der Waals surface area contributed by atoms with Crippen LogP contribution in [0.2, 0.25) is 0 Å². The molecule has 1 aromatic rings. The molecule has 0 saturated heterocycles. The van der Waals surface area contributed by atoms with Gasteiger partial charge in [0.1, 0.15) is 0 Å². The van der Waals surface area contributed by atoms with E-state index in [1.54, 1.807) is 0 Å². The molecule has 0 aliphatic heterocycles. The number of anilines is 1. The zero-order valence-corrected chi connectivity index (χ0v) is 11.6. The van der Waals surface area contributed by atoms with Crippen LogP contribution in [0, 0.1) is 6.92 Å². The molecule has 0 aliphatic carbocycles. The quantitative estimate of drug-likeness (QED) is 0.690. The fourth-order valence-corrected chi connectivity index (χ4v) is 1.96. The smallest absolute Gasteiger partial charge is 0.234 e. The normalized spacial score (nSPS) is 10.0. The Bertz CT molecular complexity index is 420. The molecule has 0 heterocycles. The van der Waals surface area contributed by atoms with Gasteiger partial charge in [0, 0.05) is 12.2 Å². The van der Waals surface area contributed by atoms with Crippen LogP contribution in [0.25, 0.3) is 0 Å². The molecular weight excluding hydrogens is 264 g/mol. The number of aliphatic hydroxyl groups is 1. The standard InChI is InChI=1S/C13H18N2O3S/c1-10-2-4-11(5-3-10)15-13(18)9-19-8-12(17)14-6-7-16/h2-5,16H,6-9H2,1H3,(H,14,17)(H,15,18). The summed E-state index contributed by atoms with van der Waals surface area (Å²) >= 11 is 1.24. The van der Waals surface area contributed by atoms with Gasteiger partial charge in [-0.05, 0) is 19.1 Å². The highest BCUT2D eigenvalue weighted by Gasteiger charge is 2.05. The lowest BCUT2D eigenvalue weighted by Gasteiger charge is -2.06. The number of carbonyl (C=O) groups is 2. The van der Waals surface area contributed by atoms with E-state index in [-0.39, 0.29) is 36.5 Å². The van der Waals surface area contributed by atoms with E-state index in [4.69, 9.17) is 5.11 Å². The van der Waals surface area contributed by atoms with Crippen molar-refractivity contribution in [2.24, 2.45) is 0 Å². The van der Waals surface area contributed by atoms with E-state index >= 15 is 0 Å². The van der Waals surface area contributed by atoms with Gasteiger partial charge in [-0.25, -0.2) is 0 Å². The molecule has 0 unspecified atom stereocenters. The maximum atomic E-state index is 11.6. The predicted octanol–water partition coefficient (Wildman–Crippen LogP) is 0.775. The van der Waals surface area contributed by atoms with Crippen molar-refractivity contribution in [3.05, 3.63) is 29.8 Å². The summed E-state index contributed by atoms with van der Waals surface area (Å²) < 4.78 is 0. The molecule has 0 radical (unpaired) electrons. The van der Waals surface area contributed by atoms with E-state index in [1.807, 2.05) is 31.2 Å². The monoisotopic (exact) mass is 282 g/mol. The molecule has 1 rings (SSSR count). The molecule has 2 amide bonds. The van der Waals surface area contributed by atoms with Crippen LogP contribution in [0.1, 0.15) is 5.56 Å².